The molecule has 92 valence electrons. The van der Waals surface area contributed by atoms with Gasteiger partial charge in [-0.2, -0.15) is 0 Å². The molecule has 0 amide bonds. The van der Waals surface area contributed by atoms with Crippen molar-refractivity contribution < 1.29 is 19.7 Å². The van der Waals surface area contributed by atoms with E-state index in [0.717, 1.165) is 0 Å². The van der Waals surface area contributed by atoms with Crippen LogP contribution in [0, 0.1) is 0 Å². The summed E-state index contributed by atoms with van der Waals surface area (Å²) < 4.78 is 5.53. The van der Waals surface area contributed by atoms with E-state index >= 15 is 0 Å². The minimum Gasteiger partial charge on any atom is -0.477 e. The van der Waals surface area contributed by atoms with Gasteiger partial charge in [0.2, 0.25) is 0 Å². The van der Waals surface area contributed by atoms with E-state index in [1.165, 1.54) is 12.3 Å². The second-order valence-corrected chi connectivity index (χ2v) is 3.55. The van der Waals surface area contributed by atoms with Crippen molar-refractivity contribution in [2.45, 2.75) is 6.61 Å². The zero-order valence-corrected chi connectivity index (χ0v) is 9.41. The van der Waals surface area contributed by atoms with Crippen molar-refractivity contribution in [2.75, 3.05) is 0 Å². The van der Waals surface area contributed by atoms with Gasteiger partial charge in [0.15, 0.2) is 5.69 Å². The van der Waals surface area contributed by atoms with Crippen LogP contribution in [0.3, 0.4) is 0 Å². The van der Waals surface area contributed by atoms with Gasteiger partial charge in [0.05, 0.1) is 6.61 Å². The maximum absolute atomic E-state index is 10.8. The molecule has 1 aromatic heterocycles. The average Bonchev–Trinajstić information content (AvgIpc) is 2.39. The summed E-state index contributed by atoms with van der Waals surface area (Å²) in [6, 6.07) is 9.87. The minimum atomic E-state index is -1.11. The number of carbonyl (C=O) groups is 1. The first-order valence-electron chi connectivity index (χ1n) is 5.26. The third-order valence-electron chi connectivity index (χ3n) is 2.32. The standard InChI is InChI=1S/C13H11NO4/c15-8-9-3-1-2-4-12(9)18-10-5-6-14-11(7-10)13(16)17/h1-7,15H,8H2,(H,16,17). The van der Waals surface area contributed by atoms with Crippen LogP contribution < -0.4 is 4.74 Å². The molecule has 1 heterocycles. The fourth-order valence-corrected chi connectivity index (χ4v) is 1.45. The highest BCUT2D eigenvalue weighted by Gasteiger charge is 2.08. The molecule has 0 saturated heterocycles. The Morgan fingerprint density at radius 3 is 2.78 bits per heavy atom. The first-order valence-corrected chi connectivity index (χ1v) is 5.26. The molecule has 0 saturated carbocycles. The van der Waals surface area contributed by atoms with Gasteiger partial charge >= 0.3 is 5.97 Å². The molecule has 0 fully saturated rings. The van der Waals surface area contributed by atoms with Gasteiger partial charge in [-0.3, -0.25) is 0 Å². The van der Waals surface area contributed by atoms with Crippen LogP contribution in [0.15, 0.2) is 42.6 Å². The van der Waals surface area contributed by atoms with E-state index in [4.69, 9.17) is 14.9 Å². The minimum absolute atomic E-state index is 0.0889. The lowest BCUT2D eigenvalue weighted by Gasteiger charge is -2.09. The lowest BCUT2D eigenvalue weighted by Crippen LogP contribution is -2.00. The summed E-state index contributed by atoms with van der Waals surface area (Å²) in [5.74, 6) is -0.262. The second kappa shape index (κ2) is 5.29. The first kappa shape index (κ1) is 12.1. The van der Waals surface area contributed by atoms with E-state index < -0.39 is 5.97 Å². The van der Waals surface area contributed by atoms with Crippen molar-refractivity contribution in [2.24, 2.45) is 0 Å². The number of aliphatic hydroxyl groups excluding tert-OH is 1. The van der Waals surface area contributed by atoms with E-state index in [1.807, 2.05) is 0 Å². The summed E-state index contributed by atoms with van der Waals surface area (Å²) in [5.41, 5.74) is 0.542. The van der Waals surface area contributed by atoms with E-state index in [-0.39, 0.29) is 12.3 Å². The SMILES string of the molecule is O=C(O)c1cc(Oc2ccccc2CO)ccn1. The van der Waals surface area contributed by atoms with Crippen LogP contribution in [-0.4, -0.2) is 21.2 Å². The Balaban J connectivity index is 2.28. The number of aliphatic hydroxyl groups is 1. The van der Waals surface area contributed by atoms with Gasteiger partial charge < -0.3 is 14.9 Å². The number of hydrogen-bond donors (Lipinski definition) is 2. The van der Waals surface area contributed by atoms with Crippen molar-refractivity contribution in [3.8, 4) is 11.5 Å². The molecule has 0 bridgehead atoms. The Hall–Kier alpha value is -2.40. The summed E-state index contributed by atoms with van der Waals surface area (Å²) in [4.78, 5) is 14.5. The highest BCUT2D eigenvalue weighted by Crippen LogP contribution is 2.25. The Bertz CT molecular complexity index is 568. The molecule has 1 aromatic carbocycles. The Kier molecular flexibility index (Phi) is 3.54. The predicted molar refractivity (Wildman–Crippen MR) is 63.6 cm³/mol. The summed E-state index contributed by atoms with van der Waals surface area (Å²) in [5, 5.41) is 18.0. The van der Waals surface area contributed by atoms with Crippen molar-refractivity contribution in [3.05, 3.63) is 53.9 Å². The number of nitrogens with zero attached hydrogens (tertiary/aromatic N) is 1. The lowest BCUT2D eigenvalue weighted by molar-refractivity contribution is 0.0690. The molecule has 0 atom stereocenters. The number of hydrogen-bond acceptors (Lipinski definition) is 4. The van der Waals surface area contributed by atoms with Crippen LogP contribution >= 0.6 is 0 Å². The van der Waals surface area contributed by atoms with E-state index in [2.05, 4.69) is 4.98 Å². The van der Waals surface area contributed by atoms with E-state index in [1.54, 1.807) is 30.3 Å². The Labute approximate surface area is 103 Å². The number of aromatic carboxylic acids is 1. The summed E-state index contributed by atoms with van der Waals surface area (Å²) in [7, 11) is 0. The number of para-hydroxylation sites is 1. The zero-order chi connectivity index (χ0) is 13.0. The van der Waals surface area contributed by atoms with E-state index in [0.29, 0.717) is 17.1 Å². The third-order valence-corrected chi connectivity index (χ3v) is 2.32. The molecule has 0 radical (unpaired) electrons. The van der Waals surface area contributed by atoms with Crippen LogP contribution in [0.25, 0.3) is 0 Å². The fourth-order valence-electron chi connectivity index (χ4n) is 1.45. The predicted octanol–water partition coefficient (Wildman–Crippen LogP) is 2.06. The number of carboxylic acid groups (broad SMARTS) is 1. The largest absolute Gasteiger partial charge is 0.477 e. The molecule has 5 nitrogen and oxygen atoms in total. The van der Waals surface area contributed by atoms with Gasteiger partial charge in [-0.1, -0.05) is 18.2 Å². The number of carboxylic acids is 1. The molecule has 0 aliphatic carbocycles. The fraction of sp³-hybridized carbons (Fsp3) is 0.0769. The molecule has 0 spiro atoms. The van der Waals surface area contributed by atoms with Crippen molar-refractivity contribution in [3.63, 3.8) is 0 Å². The number of rotatable bonds is 4. The average molecular weight is 245 g/mol. The van der Waals surface area contributed by atoms with Crippen molar-refractivity contribution >= 4 is 5.97 Å². The lowest BCUT2D eigenvalue weighted by atomic mass is 10.2. The number of aromatic nitrogens is 1. The quantitative estimate of drug-likeness (QED) is 0.861. The van der Waals surface area contributed by atoms with Crippen LogP contribution in [0.2, 0.25) is 0 Å². The highest BCUT2D eigenvalue weighted by molar-refractivity contribution is 5.85. The normalized spacial score (nSPS) is 10.1. The van der Waals surface area contributed by atoms with Gasteiger partial charge in [0.25, 0.3) is 0 Å². The third kappa shape index (κ3) is 2.64. The topological polar surface area (TPSA) is 79.7 Å². The number of pyridine rings is 1. The van der Waals surface area contributed by atoms with Gasteiger partial charge in [0, 0.05) is 17.8 Å². The molecule has 0 aliphatic heterocycles. The maximum Gasteiger partial charge on any atom is 0.354 e. The molecule has 2 aromatic rings. The molecule has 5 heteroatoms. The molecule has 2 rings (SSSR count). The van der Waals surface area contributed by atoms with Crippen LogP contribution in [0.5, 0.6) is 11.5 Å². The Morgan fingerprint density at radius 1 is 1.28 bits per heavy atom. The summed E-state index contributed by atoms with van der Waals surface area (Å²) in [6.07, 6.45) is 1.36. The molecule has 18 heavy (non-hydrogen) atoms. The van der Waals surface area contributed by atoms with Crippen molar-refractivity contribution in [1.82, 2.24) is 4.98 Å². The summed E-state index contributed by atoms with van der Waals surface area (Å²) in [6.45, 7) is -0.146. The van der Waals surface area contributed by atoms with Crippen LogP contribution in [0.1, 0.15) is 16.1 Å². The molecular formula is C13H11NO4. The molecular weight excluding hydrogens is 234 g/mol. The summed E-state index contributed by atoms with van der Waals surface area (Å²) >= 11 is 0. The van der Waals surface area contributed by atoms with Gasteiger partial charge in [0.1, 0.15) is 11.5 Å². The van der Waals surface area contributed by atoms with Gasteiger partial charge in [-0.15, -0.1) is 0 Å². The van der Waals surface area contributed by atoms with Crippen molar-refractivity contribution in [1.29, 1.82) is 0 Å². The molecule has 0 aliphatic rings. The van der Waals surface area contributed by atoms with Crippen LogP contribution in [0.4, 0.5) is 0 Å². The molecule has 0 unspecified atom stereocenters. The van der Waals surface area contributed by atoms with Gasteiger partial charge in [-0.25, -0.2) is 9.78 Å². The zero-order valence-electron chi connectivity index (χ0n) is 9.41. The Morgan fingerprint density at radius 2 is 2.06 bits per heavy atom. The molecule has 2 N–H and O–H groups in total. The number of ether oxygens (including phenoxy) is 1. The maximum atomic E-state index is 10.8. The van der Waals surface area contributed by atoms with Crippen LogP contribution in [-0.2, 0) is 6.61 Å². The van der Waals surface area contributed by atoms with Gasteiger partial charge in [-0.05, 0) is 12.1 Å². The highest BCUT2D eigenvalue weighted by atomic mass is 16.5. The monoisotopic (exact) mass is 245 g/mol. The first-order chi connectivity index (χ1) is 8.70. The van der Waals surface area contributed by atoms with E-state index in [9.17, 15) is 4.79 Å². The number of benzene rings is 1. The second-order valence-electron chi connectivity index (χ2n) is 3.55. The smallest absolute Gasteiger partial charge is 0.354 e.